The van der Waals surface area contributed by atoms with E-state index >= 15 is 0 Å². The molecule has 1 aliphatic rings. The Kier molecular flexibility index (Phi) is 5.13. The van der Waals surface area contributed by atoms with E-state index in [-0.39, 0.29) is 5.91 Å². The Morgan fingerprint density at radius 1 is 1.08 bits per heavy atom. The SMILES string of the molecule is CN1CCN(C(=O)c2ccc(Nc3cccc(C(F)(F)F)c3)cn2)CC1. The smallest absolute Gasteiger partial charge is 0.354 e. The molecule has 8 heteroatoms. The fourth-order valence-corrected chi connectivity index (χ4v) is 2.71. The number of alkyl halides is 3. The Labute approximate surface area is 149 Å². The summed E-state index contributed by atoms with van der Waals surface area (Å²) in [5.41, 5.74) is 0.417. The Balaban J connectivity index is 1.67. The summed E-state index contributed by atoms with van der Waals surface area (Å²) in [6, 6.07) is 8.14. The van der Waals surface area contributed by atoms with E-state index in [0.29, 0.717) is 30.2 Å². The molecule has 1 saturated heterocycles. The number of carbonyl (C=O) groups is 1. The maximum absolute atomic E-state index is 12.8. The normalized spacial score (nSPS) is 15.8. The molecule has 0 atom stereocenters. The van der Waals surface area contributed by atoms with Crippen LogP contribution in [0.4, 0.5) is 24.5 Å². The second-order valence-electron chi connectivity index (χ2n) is 6.23. The van der Waals surface area contributed by atoms with Crippen LogP contribution in [0.25, 0.3) is 0 Å². The molecule has 0 unspecified atom stereocenters. The van der Waals surface area contributed by atoms with Gasteiger partial charge in [-0.15, -0.1) is 0 Å². The Bertz CT molecular complexity index is 769. The summed E-state index contributed by atoms with van der Waals surface area (Å²) in [6.07, 6.45) is -2.95. The fraction of sp³-hybridized carbons (Fsp3) is 0.333. The van der Waals surface area contributed by atoms with E-state index < -0.39 is 11.7 Å². The van der Waals surface area contributed by atoms with Crippen molar-refractivity contribution < 1.29 is 18.0 Å². The minimum Gasteiger partial charge on any atom is -0.354 e. The van der Waals surface area contributed by atoms with Crippen molar-refractivity contribution in [1.29, 1.82) is 0 Å². The highest BCUT2D eigenvalue weighted by Crippen LogP contribution is 2.31. The number of likely N-dealkylation sites (N-methyl/N-ethyl adjacent to an activating group) is 1. The van der Waals surface area contributed by atoms with E-state index in [1.54, 1.807) is 23.1 Å². The molecule has 1 aliphatic heterocycles. The van der Waals surface area contributed by atoms with Gasteiger partial charge in [-0.3, -0.25) is 4.79 Å². The molecule has 0 aliphatic carbocycles. The quantitative estimate of drug-likeness (QED) is 0.909. The minimum atomic E-state index is -4.39. The summed E-state index contributed by atoms with van der Waals surface area (Å²) in [7, 11) is 2.01. The van der Waals surface area contributed by atoms with Crippen LogP contribution in [0.15, 0.2) is 42.6 Å². The molecule has 1 fully saturated rings. The topological polar surface area (TPSA) is 48.5 Å². The van der Waals surface area contributed by atoms with Crippen LogP contribution in [0.1, 0.15) is 16.1 Å². The van der Waals surface area contributed by atoms with Crippen LogP contribution in [-0.2, 0) is 6.18 Å². The first-order valence-electron chi connectivity index (χ1n) is 8.21. The third-order valence-electron chi connectivity index (χ3n) is 4.25. The van der Waals surface area contributed by atoms with Crippen molar-refractivity contribution in [3.63, 3.8) is 0 Å². The van der Waals surface area contributed by atoms with Crippen LogP contribution in [0, 0.1) is 0 Å². The summed E-state index contributed by atoms with van der Waals surface area (Å²) < 4.78 is 38.3. The zero-order chi connectivity index (χ0) is 18.7. The van der Waals surface area contributed by atoms with E-state index in [1.807, 2.05) is 7.05 Å². The standard InChI is InChI=1S/C18H19F3N4O/c1-24-7-9-25(10-8-24)17(26)16-6-5-15(12-22-16)23-14-4-2-3-13(11-14)18(19,20)21/h2-6,11-12,23H,7-10H2,1H3. The summed E-state index contributed by atoms with van der Waals surface area (Å²) >= 11 is 0. The molecule has 0 saturated carbocycles. The number of hydrogen-bond acceptors (Lipinski definition) is 4. The first kappa shape index (κ1) is 18.2. The molecular weight excluding hydrogens is 345 g/mol. The zero-order valence-corrected chi connectivity index (χ0v) is 14.3. The van der Waals surface area contributed by atoms with Gasteiger partial charge in [0, 0.05) is 31.9 Å². The number of carbonyl (C=O) groups excluding carboxylic acids is 1. The van der Waals surface area contributed by atoms with Gasteiger partial charge in [-0.2, -0.15) is 13.2 Å². The molecular formula is C18H19F3N4O. The molecule has 0 spiro atoms. The molecule has 1 aromatic heterocycles. The van der Waals surface area contributed by atoms with Crippen LogP contribution < -0.4 is 5.32 Å². The molecule has 0 radical (unpaired) electrons. The number of pyridine rings is 1. The largest absolute Gasteiger partial charge is 0.416 e. The predicted octanol–water partition coefficient (Wildman–Crippen LogP) is 3.23. The molecule has 3 rings (SSSR count). The number of benzene rings is 1. The Hall–Kier alpha value is -2.61. The number of rotatable bonds is 3. The highest BCUT2D eigenvalue weighted by Gasteiger charge is 2.30. The van der Waals surface area contributed by atoms with E-state index in [9.17, 15) is 18.0 Å². The summed E-state index contributed by atoms with van der Waals surface area (Å²) in [4.78, 5) is 20.5. The third-order valence-corrected chi connectivity index (χ3v) is 4.25. The van der Waals surface area contributed by atoms with Crippen molar-refractivity contribution in [3.8, 4) is 0 Å². The average molecular weight is 364 g/mol. The van der Waals surface area contributed by atoms with Crippen molar-refractivity contribution in [1.82, 2.24) is 14.8 Å². The van der Waals surface area contributed by atoms with Crippen LogP contribution in [0.5, 0.6) is 0 Å². The lowest BCUT2D eigenvalue weighted by atomic mass is 10.2. The highest BCUT2D eigenvalue weighted by atomic mass is 19.4. The molecule has 2 aromatic rings. The van der Waals surface area contributed by atoms with Gasteiger partial charge in [-0.05, 0) is 37.4 Å². The van der Waals surface area contributed by atoms with Crippen LogP contribution >= 0.6 is 0 Å². The second kappa shape index (κ2) is 7.33. The Morgan fingerprint density at radius 2 is 1.81 bits per heavy atom. The number of nitrogens with zero attached hydrogens (tertiary/aromatic N) is 3. The van der Waals surface area contributed by atoms with Crippen LogP contribution in [-0.4, -0.2) is 53.9 Å². The summed E-state index contributed by atoms with van der Waals surface area (Å²) in [5.74, 6) is -0.135. The molecule has 0 bridgehead atoms. The lowest BCUT2D eigenvalue weighted by Crippen LogP contribution is -2.47. The predicted molar refractivity (Wildman–Crippen MR) is 92.4 cm³/mol. The number of piperazine rings is 1. The van der Waals surface area contributed by atoms with Crippen molar-refractivity contribution >= 4 is 17.3 Å². The number of halogens is 3. The molecule has 26 heavy (non-hydrogen) atoms. The first-order chi connectivity index (χ1) is 12.3. The van der Waals surface area contributed by atoms with Crippen molar-refractivity contribution in [2.24, 2.45) is 0 Å². The van der Waals surface area contributed by atoms with Gasteiger partial charge >= 0.3 is 6.18 Å². The van der Waals surface area contributed by atoms with Gasteiger partial charge < -0.3 is 15.1 Å². The first-order valence-corrected chi connectivity index (χ1v) is 8.21. The second-order valence-corrected chi connectivity index (χ2v) is 6.23. The summed E-state index contributed by atoms with van der Waals surface area (Å²) in [5, 5.41) is 2.87. The molecule has 1 aromatic carbocycles. The van der Waals surface area contributed by atoms with Gasteiger partial charge in [0.05, 0.1) is 17.4 Å². The fourth-order valence-electron chi connectivity index (χ4n) is 2.71. The highest BCUT2D eigenvalue weighted by molar-refractivity contribution is 5.92. The van der Waals surface area contributed by atoms with Crippen molar-refractivity contribution in [3.05, 3.63) is 53.9 Å². The third kappa shape index (κ3) is 4.32. The minimum absolute atomic E-state index is 0.135. The zero-order valence-electron chi connectivity index (χ0n) is 14.3. The lowest BCUT2D eigenvalue weighted by Gasteiger charge is -2.32. The van der Waals surface area contributed by atoms with Gasteiger partial charge in [-0.25, -0.2) is 4.98 Å². The van der Waals surface area contributed by atoms with Gasteiger partial charge in [0.2, 0.25) is 0 Å². The maximum Gasteiger partial charge on any atom is 0.416 e. The van der Waals surface area contributed by atoms with E-state index in [4.69, 9.17) is 0 Å². The molecule has 2 heterocycles. The number of hydrogen-bond donors (Lipinski definition) is 1. The number of nitrogens with one attached hydrogen (secondary N) is 1. The number of anilines is 2. The molecule has 5 nitrogen and oxygen atoms in total. The molecule has 138 valence electrons. The summed E-state index contributed by atoms with van der Waals surface area (Å²) in [6.45, 7) is 2.95. The molecule has 1 N–H and O–H groups in total. The number of aromatic nitrogens is 1. The van der Waals surface area contributed by atoms with Crippen LogP contribution in [0.2, 0.25) is 0 Å². The van der Waals surface area contributed by atoms with E-state index in [1.165, 1.54) is 12.3 Å². The van der Waals surface area contributed by atoms with Crippen molar-refractivity contribution in [2.75, 3.05) is 38.5 Å². The average Bonchev–Trinajstić information content (AvgIpc) is 2.62. The maximum atomic E-state index is 12.8. The van der Waals surface area contributed by atoms with Gasteiger partial charge in [0.15, 0.2) is 0 Å². The van der Waals surface area contributed by atoms with Gasteiger partial charge in [0.25, 0.3) is 5.91 Å². The van der Waals surface area contributed by atoms with Crippen molar-refractivity contribution in [2.45, 2.75) is 6.18 Å². The monoisotopic (exact) mass is 364 g/mol. The van der Waals surface area contributed by atoms with E-state index in [0.717, 1.165) is 25.2 Å². The lowest BCUT2D eigenvalue weighted by molar-refractivity contribution is -0.137. The van der Waals surface area contributed by atoms with Gasteiger partial charge in [0.1, 0.15) is 5.69 Å². The van der Waals surface area contributed by atoms with Gasteiger partial charge in [-0.1, -0.05) is 6.07 Å². The number of amides is 1. The Morgan fingerprint density at radius 3 is 2.42 bits per heavy atom. The molecule has 1 amide bonds. The van der Waals surface area contributed by atoms with E-state index in [2.05, 4.69) is 15.2 Å². The van der Waals surface area contributed by atoms with Crippen LogP contribution in [0.3, 0.4) is 0 Å².